The molecular formula is C13H22BrNOS. The van der Waals surface area contributed by atoms with Crippen molar-refractivity contribution in [3.8, 4) is 0 Å². The highest BCUT2D eigenvalue weighted by atomic mass is 79.9. The Labute approximate surface area is 117 Å². The van der Waals surface area contributed by atoms with Crippen molar-refractivity contribution in [3.63, 3.8) is 0 Å². The monoisotopic (exact) mass is 319 g/mol. The van der Waals surface area contributed by atoms with Gasteiger partial charge in [-0.3, -0.25) is 0 Å². The summed E-state index contributed by atoms with van der Waals surface area (Å²) < 4.78 is 1.19. The Kier molecular flexibility index (Phi) is 6.13. The van der Waals surface area contributed by atoms with E-state index in [0.717, 1.165) is 25.9 Å². The van der Waals surface area contributed by atoms with Gasteiger partial charge >= 0.3 is 0 Å². The maximum atomic E-state index is 9.48. The predicted molar refractivity (Wildman–Crippen MR) is 78.6 cm³/mol. The third kappa shape index (κ3) is 4.05. The highest BCUT2D eigenvalue weighted by Crippen LogP contribution is 2.27. The normalized spacial score (nSPS) is 12.1. The lowest BCUT2D eigenvalue weighted by atomic mass is 9.83. The van der Waals surface area contributed by atoms with E-state index in [1.807, 2.05) is 11.3 Å². The Morgan fingerprint density at radius 2 is 2.06 bits per heavy atom. The minimum absolute atomic E-state index is 0.0452. The van der Waals surface area contributed by atoms with Crippen LogP contribution in [-0.4, -0.2) is 18.3 Å². The first-order chi connectivity index (χ1) is 8.06. The molecule has 0 amide bonds. The van der Waals surface area contributed by atoms with Gasteiger partial charge in [0.25, 0.3) is 0 Å². The first kappa shape index (κ1) is 15.2. The number of aliphatic hydroxyl groups excluding tert-OH is 1. The molecule has 0 aliphatic carbocycles. The number of halogens is 1. The summed E-state index contributed by atoms with van der Waals surface area (Å²) in [5.41, 5.74) is 0.0452. The van der Waals surface area contributed by atoms with Crippen LogP contribution in [0.15, 0.2) is 10.5 Å². The SMILES string of the molecule is CCC(CC)(CO)CNCc1cc(Br)c(C)s1. The number of rotatable bonds is 7. The Bertz CT molecular complexity index is 319. The van der Waals surface area contributed by atoms with Gasteiger partial charge in [0.05, 0.1) is 0 Å². The molecule has 0 atom stereocenters. The van der Waals surface area contributed by atoms with E-state index in [0.29, 0.717) is 0 Å². The molecule has 2 N–H and O–H groups in total. The van der Waals surface area contributed by atoms with Crippen LogP contribution in [0.5, 0.6) is 0 Å². The molecule has 2 nitrogen and oxygen atoms in total. The van der Waals surface area contributed by atoms with Crippen LogP contribution in [0.2, 0.25) is 0 Å². The average Bonchev–Trinajstić information content (AvgIpc) is 2.65. The van der Waals surface area contributed by atoms with Gasteiger partial charge in [0, 0.05) is 39.3 Å². The smallest absolute Gasteiger partial charge is 0.0499 e. The maximum Gasteiger partial charge on any atom is 0.0499 e. The summed E-state index contributed by atoms with van der Waals surface area (Å²) >= 11 is 5.35. The fourth-order valence-corrected chi connectivity index (χ4v) is 3.41. The van der Waals surface area contributed by atoms with Crippen molar-refractivity contribution in [1.82, 2.24) is 5.32 Å². The number of aryl methyl sites for hydroxylation is 1. The van der Waals surface area contributed by atoms with Crippen LogP contribution in [0.25, 0.3) is 0 Å². The number of hydrogen-bond donors (Lipinski definition) is 2. The molecule has 0 spiro atoms. The van der Waals surface area contributed by atoms with Crippen LogP contribution >= 0.6 is 27.3 Å². The second-order valence-electron chi connectivity index (χ2n) is 4.59. The minimum atomic E-state index is 0.0452. The van der Waals surface area contributed by atoms with Crippen LogP contribution in [0.1, 0.15) is 36.4 Å². The Morgan fingerprint density at radius 1 is 1.41 bits per heavy atom. The lowest BCUT2D eigenvalue weighted by Gasteiger charge is -2.29. The third-order valence-corrected chi connectivity index (χ3v) is 5.68. The summed E-state index contributed by atoms with van der Waals surface area (Å²) in [6, 6.07) is 2.17. The van der Waals surface area contributed by atoms with Crippen molar-refractivity contribution in [1.29, 1.82) is 0 Å². The lowest BCUT2D eigenvalue weighted by Crippen LogP contribution is -2.36. The highest BCUT2D eigenvalue weighted by Gasteiger charge is 2.24. The average molecular weight is 320 g/mol. The van der Waals surface area contributed by atoms with Gasteiger partial charge < -0.3 is 10.4 Å². The first-order valence-electron chi connectivity index (χ1n) is 6.13. The zero-order valence-electron chi connectivity index (χ0n) is 10.8. The van der Waals surface area contributed by atoms with Crippen molar-refractivity contribution in [2.75, 3.05) is 13.2 Å². The summed E-state index contributed by atoms with van der Waals surface area (Å²) in [6.45, 7) is 8.44. The molecule has 0 aliphatic rings. The van der Waals surface area contributed by atoms with E-state index < -0.39 is 0 Å². The molecule has 1 aromatic heterocycles. The molecule has 0 fully saturated rings. The van der Waals surface area contributed by atoms with Crippen LogP contribution in [0.3, 0.4) is 0 Å². The molecule has 1 rings (SSSR count). The molecule has 0 aromatic carbocycles. The van der Waals surface area contributed by atoms with Crippen LogP contribution in [-0.2, 0) is 6.54 Å². The molecule has 98 valence electrons. The molecule has 0 saturated carbocycles. The summed E-state index contributed by atoms with van der Waals surface area (Å²) in [5, 5.41) is 12.9. The van der Waals surface area contributed by atoms with Crippen LogP contribution in [0, 0.1) is 12.3 Å². The van der Waals surface area contributed by atoms with E-state index >= 15 is 0 Å². The molecule has 0 bridgehead atoms. The zero-order chi connectivity index (χ0) is 12.9. The predicted octanol–water partition coefficient (Wildman–Crippen LogP) is 3.71. The second-order valence-corrected chi connectivity index (χ2v) is 6.78. The topological polar surface area (TPSA) is 32.3 Å². The van der Waals surface area contributed by atoms with Crippen molar-refractivity contribution in [2.24, 2.45) is 5.41 Å². The van der Waals surface area contributed by atoms with Crippen molar-refractivity contribution in [3.05, 3.63) is 20.3 Å². The number of hydrogen-bond acceptors (Lipinski definition) is 3. The number of nitrogens with one attached hydrogen (secondary N) is 1. The lowest BCUT2D eigenvalue weighted by molar-refractivity contribution is 0.113. The Morgan fingerprint density at radius 3 is 2.47 bits per heavy atom. The molecule has 1 heterocycles. The highest BCUT2D eigenvalue weighted by molar-refractivity contribution is 9.10. The van der Waals surface area contributed by atoms with Crippen LogP contribution in [0.4, 0.5) is 0 Å². The summed E-state index contributed by atoms with van der Waals surface area (Å²) in [5.74, 6) is 0. The molecule has 4 heteroatoms. The zero-order valence-corrected chi connectivity index (χ0v) is 13.2. The quantitative estimate of drug-likeness (QED) is 0.803. The van der Waals surface area contributed by atoms with Gasteiger partial charge in [0.1, 0.15) is 0 Å². The van der Waals surface area contributed by atoms with Gasteiger partial charge in [-0.25, -0.2) is 0 Å². The molecule has 17 heavy (non-hydrogen) atoms. The molecular weight excluding hydrogens is 298 g/mol. The van der Waals surface area contributed by atoms with Gasteiger partial charge in [-0.15, -0.1) is 11.3 Å². The van der Waals surface area contributed by atoms with Gasteiger partial charge in [-0.1, -0.05) is 13.8 Å². The van der Waals surface area contributed by atoms with E-state index in [1.54, 1.807) is 0 Å². The van der Waals surface area contributed by atoms with E-state index in [4.69, 9.17) is 0 Å². The Hall–Kier alpha value is 0.1000. The van der Waals surface area contributed by atoms with Gasteiger partial charge in [0.15, 0.2) is 0 Å². The fourth-order valence-electron chi connectivity index (χ4n) is 1.84. The summed E-state index contributed by atoms with van der Waals surface area (Å²) in [4.78, 5) is 2.66. The largest absolute Gasteiger partial charge is 0.396 e. The van der Waals surface area contributed by atoms with Gasteiger partial charge in [-0.05, 0) is 41.8 Å². The Balaban J connectivity index is 2.46. The third-order valence-electron chi connectivity index (χ3n) is 3.54. The van der Waals surface area contributed by atoms with Crippen molar-refractivity contribution in [2.45, 2.75) is 40.2 Å². The molecule has 1 aromatic rings. The van der Waals surface area contributed by atoms with Crippen molar-refractivity contribution >= 4 is 27.3 Å². The molecule has 0 radical (unpaired) electrons. The van der Waals surface area contributed by atoms with Gasteiger partial charge in [0.2, 0.25) is 0 Å². The number of aliphatic hydroxyl groups is 1. The summed E-state index contributed by atoms with van der Waals surface area (Å²) in [6.07, 6.45) is 2.03. The standard InChI is InChI=1S/C13H22BrNOS/c1-4-13(5-2,9-16)8-15-7-11-6-12(14)10(3)17-11/h6,15-16H,4-5,7-9H2,1-3H3. The van der Waals surface area contributed by atoms with Crippen molar-refractivity contribution < 1.29 is 5.11 Å². The minimum Gasteiger partial charge on any atom is -0.396 e. The van der Waals surface area contributed by atoms with E-state index in [2.05, 4.69) is 48.1 Å². The van der Waals surface area contributed by atoms with Crippen LogP contribution < -0.4 is 5.32 Å². The maximum absolute atomic E-state index is 9.48. The molecule has 0 unspecified atom stereocenters. The number of thiophene rings is 1. The second kappa shape index (κ2) is 6.88. The van der Waals surface area contributed by atoms with Gasteiger partial charge in [-0.2, -0.15) is 0 Å². The van der Waals surface area contributed by atoms with E-state index in [9.17, 15) is 5.11 Å². The molecule has 0 saturated heterocycles. The summed E-state index contributed by atoms with van der Waals surface area (Å²) in [7, 11) is 0. The fraction of sp³-hybridized carbons (Fsp3) is 0.692. The van der Waals surface area contributed by atoms with E-state index in [1.165, 1.54) is 14.2 Å². The first-order valence-corrected chi connectivity index (χ1v) is 7.74. The van der Waals surface area contributed by atoms with E-state index in [-0.39, 0.29) is 12.0 Å². The molecule has 0 aliphatic heterocycles.